The average Bonchev–Trinajstić information content (AvgIpc) is 2.17. The predicted molar refractivity (Wildman–Crippen MR) is 69.4 cm³/mol. The van der Waals surface area contributed by atoms with E-state index in [2.05, 4.69) is 46.5 Å². The van der Waals surface area contributed by atoms with Gasteiger partial charge in [-0.3, -0.25) is 0 Å². The largest absolute Gasteiger partial charge is 0.103 e. The second-order valence-corrected chi connectivity index (χ2v) is 5.11. The zero-order chi connectivity index (χ0) is 11.7. The van der Waals surface area contributed by atoms with Crippen molar-refractivity contribution in [3.8, 4) is 11.8 Å². The zero-order valence-electron chi connectivity index (χ0n) is 11.0. The van der Waals surface area contributed by atoms with Gasteiger partial charge in [-0.25, -0.2) is 0 Å². The van der Waals surface area contributed by atoms with Gasteiger partial charge in [-0.2, -0.15) is 0 Å². The Hall–Kier alpha value is -0.440. The number of rotatable bonds is 6. The van der Waals surface area contributed by atoms with Crippen molar-refractivity contribution in [1.82, 2.24) is 0 Å². The molecule has 0 spiro atoms. The Morgan fingerprint density at radius 2 is 1.60 bits per heavy atom. The summed E-state index contributed by atoms with van der Waals surface area (Å²) in [5.74, 6) is 8.57. The molecule has 0 amide bonds. The second-order valence-electron chi connectivity index (χ2n) is 5.11. The standard InChI is InChI=1S/C15H27/c1-6-14(4)10-8-12-15(5)11-7-9-13(2)3/h13-15H,1,6,8,10-12H2,2-5H3. The van der Waals surface area contributed by atoms with Crippen LogP contribution in [0.15, 0.2) is 0 Å². The average molecular weight is 207 g/mol. The fraction of sp³-hybridized carbons (Fsp3) is 0.800. The Bertz CT molecular complexity index is 192. The van der Waals surface area contributed by atoms with Crippen molar-refractivity contribution in [3.05, 3.63) is 6.92 Å². The summed E-state index contributed by atoms with van der Waals surface area (Å²) in [6, 6.07) is 0. The molecule has 0 rings (SSSR count). The number of hydrogen-bond donors (Lipinski definition) is 0. The van der Waals surface area contributed by atoms with Crippen LogP contribution >= 0.6 is 0 Å². The molecule has 0 aliphatic heterocycles. The van der Waals surface area contributed by atoms with Gasteiger partial charge in [0.05, 0.1) is 0 Å². The minimum atomic E-state index is 0.517. The maximum absolute atomic E-state index is 3.93. The molecule has 15 heavy (non-hydrogen) atoms. The summed E-state index contributed by atoms with van der Waals surface area (Å²) in [5, 5.41) is 0. The van der Waals surface area contributed by atoms with Gasteiger partial charge in [0.2, 0.25) is 0 Å². The Kier molecular flexibility index (Phi) is 8.58. The van der Waals surface area contributed by atoms with E-state index in [9.17, 15) is 0 Å². The highest BCUT2D eigenvalue weighted by Gasteiger charge is 2.02. The van der Waals surface area contributed by atoms with Gasteiger partial charge >= 0.3 is 0 Å². The molecule has 0 aromatic rings. The second kappa shape index (κ2) is 8.84. The molecule has 0 saturated carbocycles. The highest BCUT2D eigenvalue weighted by molar-refractivity contribution is 5.01. The van der Waals surface area contributed by atoms with Gasteiger partial charge in [-0.1, -0.05) is 53.9 Å². The Morgan fingerprint density at radius 1 is 1.00 bits per heavy atom. The molecule has 2 unspecified atom stereocenters. The van der Waals surface area contributed by atoms with E-state index in [0.29, 0.717) is 5.92 Å². The lowest BCUT2D eigenvalue weighted by Crippen LogP contribution is -1.97. The summed E-state index contributed by atoms with van der Waals surface area (Å²) in [7, 11) is 0. The molecule has 2 atom stereocenters. The van der Waals surface area contributed by atoms with Crippen LogP contribution in [0.5, 0.6) is 0 Å². The third-order valence-corrected chi connectivity index (χ3v) is 2.73. The summed E-state index contributed by atoms with van der Waals surface area (Å²) in [4.78, 5) is 0. The van der Waals surface area contributed by atoms with E-state index in [1.165, 1.54) is 19.3 Å². The van der Waals surface area contributed by atoms with Crippen LogP contribution in [0.4, 0.5) is 0 Å². The van der Waals surface area contributed by atoms with E-state index in [1.54, 1.807) is 0 Å². The van der Waals surface area contributed by atoms with Crippen LogP contribution in [0.3, 0.4) is 0 Å². The Balaban J connectivity index is 3.50. The third kappa shape index (κ3) is 9.85. The van der Waals surface area contributed by atoms with E-state index in [1.807, 2.05) is 0 Å². The van der Waals surface area contributed by atoms with E-state index in [0.717, 1.165) is 24.7 Å². The highest BCUT2D eigenvalue weighted by Crippen LogP contribution is 2.16. The molecule has 0 N–H and O–H groups in total. The summed E-state index contributed by atoms with van der Waals surface area (Å²) in [6.07, 6.45) is 6.11. The van der Waals surface area contributed by atoms with E-state index >= 15 is 0 Å². The van der Waals surface area contributed by atoms with Gasteiger partial charge in [0.25, 0.3) is 0 Å². The first-order valence-electron chi connectivity index (χ1n) is 6.33. The molecule has 0 aliphatic rings. The minimum absolute atomic E-state index is 0.517. The molecule has 0 saturated heterocycles. The van der Waals surface area contributed by atoms with Gasteiger partial charge in [0.1, 0.15) is 0 Å². The molecule has 1 radical (unpaired) electrons. The molecule has 0 aromatic carbocycles. The van der Waals surface area contributed by atoms with Crippen LogP contribution in [0.1, 0.15) is 59.8 Å². The third-order valence-electron chi connectivity index (χ3n) is 2.73. The number of hydrogen-bond acceptors (Lipinski definition) is 0. The monoisotopic (exact) mass is 207 g/mol. The van der Waals surface area contributed by atoms with Gasteiger partial charge in [-0.15, -0.1) is 11.8 Å². The minimum Gasteiger partial charge on any atom is -0.103 e. The van der Waals surface area contributed by atoms with Gasteiger partial charge in [-0.05, 0) is 18.3 Å². The molecular weight excluding hydrogens is 180 g/mol. The predicted octanol–water partition coefficient (Wildman–Crippen LogP) is 4.70. The topological polar surface area (TPSA) is 0 Å². The fourth-order valence-corrected chi connectivity index (χ4v) is 1.50. The van der Waals surface area contributed by atoms with E-state index in [4.69, 9.17) is 0 Å². The van der Waals surface area contributed by atoms with Gasteiger partial charge in [0, 0.05) is 12.3 Å². The Morgan fingerprint density at radius 3 is 2.13 bits per heavy atom. The van der Waals surface area contributed by atoms with E-state index in [-0.39, 0.29) is 0 Å². The van der Waals surface area contributed by atoms with Crippen molar-refractivity contribution in [2.45, 2.75) is 59.8 Å². The molecule has 0 bridgehead atoms. The maximum atomic E-state index is 3.93. The van der Waals surface area contributed by atoms with Gasteiger partial charge in [0.15, 0.2) is 0 Å². The molecule has 0 heterocycles. The summed E-state index contributed by atoms with van der Waals surface area (Å²) in [6.45, 7) is 12.8. The molecule has 0 heteroatoms. The van der Waals surface area contributed by atoms with Crippen LogP contribution in [-0.2, 0) is 0 Å². The van der Waals surface area contributed by atoms with Crippen LogP contribution in [0.2, 0.25) is 0 Å². The highest BCUT2D eigenvalue weighted by atomic mass is 14.1. The molecule has 0 aliphatic carbocycles. The maximum Gasteiger partial charge on any atom is 0.0146 e. The molecule has 0 aromatic heterocycles. The first-order valence-corrected chi connectivity index (χ1v) is 6.33. The van der Waals surface area contributed by atoms with Crippen molar-refractivity contribution >= 4 is 0 Å². The van der Waals surface area contributed by atoms with Crippen LogP contribution < -0.4 is 0 Å². The lowest BCUT2D eigenvalue weighted by molar-refractivity contribution is 0.447. The lowest BCUT2D eigenvalue weighted by Gasteiger charge is -2.10. The van der Waals surface area contributed by atoms with Crippen molar-refractivity contribution in [2.75, 3.05) is 0 Å². The molecule has 0 nitrogen and oxygen atoms in total. The van der Waals surface area contributed by atoms with Crippen molar-refractivity contribution in [2.24, 2.45) is 17.8 Å². The SMILES string of the molecule is [CH2]CC(C)CCCC(C)CC#CC(C)C. The fourth-order valence-electron chi connectivity index (χ4n) is 1.50. The summed E-state index contributed by atoms with van der Waals surface area (Å²) in [5.41, 5.74) is 0. The first kappa shape index (κ1) is 14.6. The van der Waals surface area contributed by atoms with Crippen molar-refractivity contribution < 1.29 is 0 Å². The molecule has 0 fully saturated rings. The summed E-state index contributed by atoms with van der Waals surface area (Å²) < 4.78 is 0. The van der Waals surface area contributed by atoms with Crippen LogP contribution in [0.25, 0.3) is 0 Å². The zero-order valence-corrected chi connectivity index (χ0v) is 11.0. The van der Waals surface area contributed by atoms with Crippen molar-refractivity contribution in [3.63, 3.8) is 0 Å². The first-order chi connectivity index (χ1) is 7.06. The summed E-state index contributed by atoms with van der Waals surface area (Å²) >= 11 is 0. The van der Waals surface area contributed by atoms with Crippen LogP contribution in [0, 0.1) is 36.5 Å². The van der Waals surface area contributed by atoms with E-state index < -0.39 is 0 Å². The normalized spacial score (nSPS) is 14.5. The Labute approximate surface area is 96.8 Å². The van der Waals surface area contributed by atoms with Crippen LogP contribution in [-0.4, -0.2) is 0 Å². The quantitative estimate of drug-likeness (QED) is 0.554. The smallest absolute Gasteiger partial charge is 0.0146 e. The van der Waals surface area contributed by atoms with Gasteiger partial charge < -0.3 is 0 Å². The van der Waals surface area contributed by atoms with Crippen molar-refractivity contribution in [1.29, 1.82) is 0 Å². The molecular formula is C15H27. The molecule has 87 valence electrons. The lowest BCUT2D eigenvalue weighted by atomic mass is 9.95.